The Morgan fingerprint density at radius 3 is 1.86 bits per heavy atom. The third-order valence-corrected chi connectivity index (χ3v) is 4.14. The Kier molecular flexibility index (Phi) is 5.20. The highest BCUT2D eigenvalue weighted by Crippen LogP contribution is 2.35. The van der Waals surface area contributed by atoms with Crippen molar-refractivity contribution in [2.24, 2.45) is 11.5 Å². The molecule has 0 spiro atoms. The molecule has 0 amide bonds. The molecule has 0 aromatic heterocycles. The van der Waals surface area contributed by atoms with Crippen LogP contribution in [0.4, 0.5) is 0 Å². The Balaban J connectivity index is 2.14. The van der Waals surface area contributed by atoms with Gasteiger partial charge in [-0.15, -0.1) is 0 Å². The van der Waals surface area contributed by atoms with E-state index in [-0.39, 0.29) is 11.7 Å². The smallest absolute Gasteiger partial charge is 0.148 e. The topological polar surface area (TPSA) is 109 Å². The summed E-state index contributed by atoms with van der Waals surface area (Å²) < 4.78 is 7.23. The number of ether oxygens (including phenoxy) is 1. The second-order valence-electron chi connectivity index (χ2n) is 4.58. The van der Waals surface area contributed by atoms with E-state index in [4.69, 9.17) is 27.0 Å². The Morgan fingerprint density at radius 1 is 0.909 bits per heavy atom. The van der Waals surface area contributed by atoms with E-state index >= 15 is 0 Å². The molecule has 0 radical (unpaired) electrons. The molecule has 6 N–H and O–H groups in total. The van der Waals surface area contributed by atoms with Crippen molar-refractivity contribution in [1.29, 1.82) is 10.8 Å². The number of halogens is 2. The summed E-state index contributed by atoms with van der Waals surface area (Å²) in [7, 11) is 0. The summed E-state index contributed by atoms with van der Waals surface area (Å²) in [5, 5.41) is 14.8. The Bertz CT molecular complexity index is 706. The number of nitrogen functional groups attached to an aromatic ring is 2. The molecule has 0 saturated heterocycles. The standard InChI is InChI=1S/C15H14Br2N4O/c16-11-5-10(15(20)21)6-12(17)13(11)22-7-8-1-3-9(4-2-8)14(18)19/h1-6H,7H2,(H3,18,19)(H3,20,21). The fraction of sp³-hybridized carbons (Fsp3) is 0.0667. The molecule has 5 nitrogen and oxygen atoms in total. The van der Waals surface area contributed by atoms with Crippen LogP contribution >= 0.6 is 31.9 Å². The van der Waals surface area contributed by atoms with Crippen molar-refractivity contribution in [1.82, 2.24) is 0 Å². The zero-order valence-corrected chi connectivity index (χ0v) is 14.7. The molecule has 2 rings (SSSR count). The van der Waals surface area contributed by atoms with Crippen LogP contribution < -0.4 is 16.2 Å². The summed E-state index contributed by atoms with van der Waals surface area (Å²) in [5.74, 6) is 0.672. The van der Waals surface area contributed by atoms with Crippen LogP contribution in [0, 0.1) is 10.8 Å². The van der Waals surface area contributed by atoms with Crippen LogP contribution in [0.5, 0.6) is 5.75 Å². The monoisotopic (exact) mass is 424 g/mol. The molecule has 0 saturated carbocycles. The SMILES string of the molecule is N=C(N)c1ccc(COc2c(Br)cc(C(=N)N)cc2Br)cc1. The quantitative estimate of drug-likeness (QED) is 0.435. The van der Waals surface area contributed by atoms with Gasteiger partial charge in [-0.2, -0.15) is 0 Å². The van der Waals surface area contributed by atoms with Crippen molar-refractivity contribution in [2.45, 2.75) is 6.61 Å². The van der Waals surface area contributed by atoms with E-state index in [1.165, 1.54) is 0 Å². The lowest BCUT2D eigenvalue weighted by Crippen LogP contribution is -2.11. The first-order chi connectivity index (χ1) is 10.4. The molecule has 0 aliphatic heterocycles. The van der Waals surface area contributed by atoms with E-state index in [0.717, 1.165) is 5.56 Å². The van der Waals surface area contributed by atoms with Gasteiger partial charge in [-0.25, -0.2) is 0 Å². The van der Waals surface area contributed by atoms with Gasteiger partial charge in [0.15, 0.2) is 0 Å². The second kappa shape index (κ2) is 6.93. The van der Waals surface area contributed by atoms with Gasteiger partial charge >= 0.3 is 0 Å². The lowest BCUT2D eigenvalue weighted by Gasteiger charge is -2.12. The highest BCUT2D eigenvalue weighted by atomic mass is 79.9. The van der Waals surface area contributed by atoms with Crippen molar-refractivity contribution in [2.75, 3.05) is 0 Å². The van der Waals surface area contributed by atoms with Gasteiger partial charge in [-0.05, 0) is 49.6 Å². The highest BCUT2D eigenvalue weighted by Gasteiger charge is 2.11. The Labute approximate surface area is 144 Å². The maximum Gasteiger partial charge on any atom is 0.148 e. The zero-order chi connectivity index (χ0) is 16.3. The Hall–Kier alpha value is -1.86. The van der Waals surface area contributed by atoms with Crippen LogP contribution in [0.1, 0.15) is 16.7 Å². The molecule has 114 valence electrons. The van der Waals surface area contributed by atoms with Gasteiger partial charge in [0, 0.05) is 11.1 Å². The predicted octanol–water partition coefficient (Wildman–Crippen LogP) is 3.36. The minimum atomic E-state index is -0.00669. The molecular formula is C15H14Br2N4O. The van der Waals surface area contributed by atoms with Crippen LogP contribution in [0.25, 0.3) is 0 Å². The molecule has 0 unspecified atom stereocenters. The fourth-order valence-electron chi connectivity index (χ4n) is 1.79. The summed E-state index contributed by atoms with van der Waals surface area (Å²) in [4.78, 5) is 0. The van der Waals surface area contributed by atoms with Crippen LogP contribution in [0.15, 0.2) is 45.3 Å². The average Bonchev–Trinajstić information content (AvgIpc) is 2.46. The second-order valence-corrected chi connectivity index (χ2v) is 6.29. The molecule has 2 aromatic carbocycles. The summed E-state index contributed by atoms with van der Waals surface area (Å²) >= 11 is 6.84. The number of rotatable bonds is 5. The first-order valence-corrected chi connectivity index (χ1v) is 7.86. The number of nitrogens with two attached hydrogens (primary N) is 2. The number of benzene rings is 2. The summed E-state index contributed by atoms with van der Waals surface area (Å²) in [6.07, 6.45) is 0. The van der Waals surface area contributed by atoms with Crippen molar-refractivity contribution in [3.63, 3.8) is 0 Å². The van der Waals surface area contributed by atoms with Gasteiger partial charge in [-0.1, -0.05) is 24.3 Å². The van der Waals surface area contributed by atoms with E-state index in [2.05, 4.69) is 31.9 Å². The molecule has 0 fully saturated rings. The molecular weight excluding hydrogens is 412 g/mol. The lowest BCUT2D eigenvalue weighted by molar-refractivity contribution is 0.302. The van der Waals surface area contributed by atoms with Crippen LogP contribution in [-0.4, -0.2) is 11.7 Å². The lowest BCUT2D eigenvalue weighted by atomic mass is 10.1. The number of nitrogens with one attached hydrogen (secondary N) is 2. The van der Waals surface area contributed by atoms with Crippen LogP contribution in [0.3, 0.4) is 0 Å². The molecule has 7 heteroatoms. The first-order valence-electron chi connectivity index (χ1n) is 6.28. The number of hydrogen-bond acceptors (Lipinski definition) is 3. The van der Waals surface area contributed by atoms with E-state index < -0.39 is 0 Å². The number of hydrogen-bond donors (Lipinski definition) is 4. The normalized spacial score (nSPS) is 10.3. The molecule has 22 heavy (non-hydrogen) atoms. The third-order valence-electron chi connectivity index (χ3n) is 2.96. The minimum absolute atomic E-state index is 0.00669. The predicted molar refractivity (Wildman–Crippen MR) is 94.6 cm³/mol. The van der Waals surface area contributed by atoms with E-state index in [1.54, 1.807) is 24.3 Å². The molecule has 0 atom stereocenters. The molecule has 0 heterocycles. The largest absolute Gasteiger partial charge is 0.487 e. The fourth-order valence-corrected chi connectivity index (χ4v) is 3.20. The van der Waals surface area contributed by atoms with E-state index in [9.17, 15) is 0 Å². The third kappa shape index (κ3) is 3.86. The maximum atomic E-state index is 7.46. The van der Waals surface area contributed by atoms with Gasteiger partial charge in [0.1, 0.15) is 24.0 Å². The zero-order valence-electron chi connectivity index (χ0n) is 11.5. The Morgan fingerprint density at radius 2 is 1.41 bits per heavy atom. The van der Waals surface area contributed by atoms with E-state index in [1.807, 2.05) is 12.1 Å². The summed E-state index contributed by atoms with van der Waals surface area (Å²) in [6.45, 7) is 0.370. The first kappa shape index (κ1) is 16.5. The molecule has 2 aromatic rings. The van der Waals surface area contributed by atoms with Crippen molar-refractivity contribution in [3.05, 3.63) is 62.0 Å². The molecule has 0 aliphatic rings. The maximum absolute atomic E-state index is 7.46. The van der Waals surface area contributed by atoms with Gasteiger partial charge < -0.3 is 16.2 Å². The minimum Gasteiger partial charge on any atom is -0.487 e. The van der Waals surface area contributed by atoms with Gasteiger partial charge in [0.05, 0.1) is 8.95 Å². The van der Waals surface area contributed by atoms with Crippen LogP contribution in [-0.2, 0) is 6.61 Å². The van der Waals surface area contributed by atoms with Crippen molar-refractivity contribution >= 4 is 43.5 Å². The van der Waals surface area contributed by atoms with Crippen LogP contribution in [0.2, 0.25) is 0 Å². The van der Waals surface area contributed by atoms with E-state index in [0.29, 0.717) is 32.4 Å². The highest BCUT2D eigenvalue weighted by molar-refractivity contribution is 9.11. The number of amidine groups is 2. The van der Waals surface area contributed by atoms with Crippen molar-refractivity contribution in [3.8, 4) is 5.75 Å². The summed E-state index contributed by atoms with van der Waals surface area (Å²) in [6, 6.07) is 10.8. The van der Waals surface area contributed by atoms with Gasteiger partial charge in [0.2, 0.25) is 0 Å². The summed E-state index contributed by atoms with van der Waals surface area (Å²) in [5.41, 5.74) is 13.1. The molecule has 0 aliphatic carbocycles. The van der Waals surface area contributed by atoms with Gasteiger partial charge in [-0.3, -0.25) is 10.8 Å². The molecule has 0 bridgehead atoms. The average molecular weight is 426 g/mol. The van der Waals surface area contributed by atoms with Gasteiger partial charge in [0.25, 0.3) is 0 Å². The van der Waals surface area contributed by atoms with Crippen molar-refractivity contribution < 1.29 is 4.74 Å².